The highest BCUT2D eigenvalue weighted by atomic mass is 28.4. The molecule has 4 rings (SSSR count). The Morgan fingerprint density at radius 2 is 1.75 bits per heavy atom. The Labute approximate surface area is 236 Å². The molecule has 224 valence electrons. The van der Waals surface area contributed by atoms with E-state index >= 15 is 0 Å². The highest BCUT2D eigenvalue weighted by Gasteiger charge is 2.55. The lowest BCUT2D eigenvalue weighted by Gasteiger charge is -2.47. The number of nitrogens with zero attached hydrogens (tertiary/aromatic N) is 3. The zero-order valence-corrected chi connectivity index (χ0v) is 25.3. The van der Waals surface area contributed by atoms with Crippen LogP contribution in [0.3, 0.4) is 0 Å². The molecule has 1 aromatic carbocycles. The van der Waals surface area contributed by atoms with Crippen LogP contribution in [0.5, 0.6) is 0 Å². The van der Waals surface area contributed by atoms with E-state index in [1.165, 1.54) is 14.2 Å². The molecular weight excluding hydrogens is 538 g/mol. The van der Waals surface area contributed by atoms with Gasteiger partial charge in [0.05, 0.1) is 25.9 Å². The molecule has 40 heavy (non-hydrogen) atoms. The fourth-order valence-electron chi connectivity index (χ4n) is 5.01. The highest BCUT2D eigenvalue weighted by molar-refractivity contribution is 6.74. The lowest BCUT2D eigenvalue weighted by molar-refractivity contribution is -0.338. The van der Waals surface area contributed by atoms with Gasteiger partial charge >= 0.3 is 0 Å². The number of hydrogen-bond acceptors (Lipinski definition) is 10. The standard InChI is InChI=1S/C27H43N3O9Si/c1-27(2,3)40(6,7)36-15-18-21(34-13-16-11-9-8-10-12-16)24(33-5)20(31)26(38-18)39-22-17-14-35-25(37-17)19(29-30-28)23(22)32-4/h8-12,17-26,31H,13-15H2,1-7H3/t17-,18+,19-,20-,21-,22-,23-,24-,25-,26+/m1/s1. The summed E-state index contributed by atoms with van der Waals surface area (Å²) in [6, 6.07) is 9.01. The lowest BCUT2D eigenvalue weighted by atomic mass is 9.96. The molecule has 0 amide bonds. The molecule has 3 heterocycles. The number of azide groups is 1. The molecule has 0 radical (unpaired) electrons. The first kappa shape index (κ1) is 31.3. The fraction of sp³-hybridized carbons (Fsp3) is 0.778. The third-order valence-corrected chi connectivity index (χ3v) is 12.9. The Morgan fingerprint density at radius 1 is 1.05 bits per heavy atom. The van der Waals surface area contributed by atoms with Crippen LogP contribution in [0.2, 0.25) is 18.1 Å². The van der Waals surface area contributed by atoms with E-state index in [-0.39, 0.29) is 18.3 Å². The van der Waals surface area contributed by atoms with Gasteiger partial charge in [0.25, 0.3) is 0 Å². The summed E-state index contributed by atoms with van der Waals surface area (Å²) < 4.78 is 48.7. The van der Waals surface area contributed by atoms with Crippen LogP contribution in [0.1, 0.15) is 26.3 Å². The number of aliphatic hydroxyl groups is 1. The summed E-state index contributed by atoms with van der Waals surface area (Å²) >= 11 is 0. The molecule has 10 atom stereocenters. The molecule has 3 fully saturated rings. The van der Waals surface area contributed by atoms with Gasteiger partial charge in [-0.1, -0.05) is 56.2 Å². The van der Waals surface area contributed by atoms with Crippen molar-refractivity contribution in [3.8, 4) is 0 Å². The van der Waals surface area contributed by atoms with E-state index in [0.29, 0.717) is 6.61 Å². The van der Waals surface area contributed by atoms with E-state index in [4.69, 9.17) is 43.1 Å². The highest BCUT2D eigenvalue weighted by Crippen LogP contribution is 2.39. The summed E-state index contributed by atoms with van der Waals surface area (Å²) in [6.07, 6.45) is -6.98. The topological polar surface area (TPSA) is 143 Å². The van der Waals surface area contributed by atoms with Crippen LogP contribution in [-0.2, 0) is 44.2 Å². The zero-order chi connectivity index (χ0) is 29.1. The van der Waals surface area contributed by atoms with Crippen LogP contribution in [0.4, 0.5) is 0 Å². The minimum absolute atomic E-state index is 0.0153. The molecule has 1 aromatic rings. The first-order valence-corrected chi connectivity index (χ1v) is 16.6. The van der Waals surface area contributed by atoms with Crippen molar-refractivity contribution in [3.63, 3.8) is 0 Å². The molecule has 12 nitrogen and oxygen atoms in total. The van der Waals surface area contributed by atoms with Crippen molar-refractivity contribution in [3.05, 3.63) is 46.3 Å². The van der Waals surface area contributed by atoms with Gasteiger partial charge in [-0.05, 0) is 29.2 Å². The predicted octanol–water partition coefficient (Wildman–Crippen LogP) is 3.53. The monoisotopic (exact) mass is 581 g/mol. The van der Waals surface area contributed by atoms with Gasteiger partial charge in [-0.25, -0.2) is 0 Å². The second-order valence-electron chi connectivity index (χ2n) is 11.9. The van der Waals surface area contributed by atoms with Crippen molar-refractivity contribution >= 4 is 8.32 Å². The van der Waals surface area contributed by atoms with E-state index < -0.39 is 69.7 Å². The van der Waals surface area contributed by atoms with Crippen molar-refractivity contribution in [2.24, 2.45) is 5.11 Å². The van der Waals surface area contributed by atoms with E-state index in [2.05, 4.69) is 43.9 Å². The quantitative estimate of drug-likeness (QED) is 0.180. The van der Waals surface area contributed by atoms with Gasteiger partial charge in [-0.15, -0.1) is 0 Å². The smallest absolute Gasteiger partial charge is 0.192 e. The molecule has 3 aliphatic rings. The molecule has 2 bridgehead atoms. The summed E-state index contributed by atoms with van der Waals surface area (Å²) in [5.41, 5.74) is 10.1. The molecule has 0 aromatic heterocycles. The zero-order valence-electron chi connectivity index (χ0n) is 24.3. The number of aliphatic hydroxyl groups excluding tert-OH is 1. The van der Waals surface area contributed by atoms with E-state index in [1.807, 2.05) is 30.3 Å². The Kier molecular flexibility index (Phi) is 10.3. The van der Waals surface area contributed by atoms with E-state index in [1.54, 1.807) is 0 Å². The average Bonchev–Trinajstić information content (AvgIpc) is 3.36. The number of benzene rings is 1. The van der Waals surface area contributed by atoms with Gasteiger partial charge in [0.1, 0.15) is 42.7 Å². The van der Waals surface area contributed by atoms with Crippen molar-refractivity contribution < 1.29 is 42.7 Å². The second kappa shape index (κ2) is 13.1. The van der Waals surface area contributed by atoms with Gasteiger partial charge in [0.2, 0.25) is 0 Å². The normalized spacial score (nSPS) is 36.3. The molecule has 3 saturated heterocycles. The maximum Gasteiger partial charge on any atom is 0.192 e. The van der Waals surface area contributed by atoms with Gasteiger partial charge in [-0.3, -0.25) is 0 Å². The maximum absolute atomic E-state index is 11.4. The summed E-state index contributed by atoms with van der Waals surface area (Å²) in [5.74, 6) is 0. The van der Waals surface area contributed by atoms with Gasteiger partial charge in [0.15, 0.2) is 20.9 Å². The van der Waals surface area contributed by atoms with E-state index in [0.717, 1.165) is 5.56 Å². The van der Waals surface area contributed by atoms with Crippen molar-refractivity contribution in [1.82, 2.24) is 0 Å². The van der Waals surface area contributed by atoms with Gasteiger partial charge < -0.3 is 42.7 Å². The third kappa shape index (κ3) is 6.71. The predicted molar refractivity (Wildman–Crippen MR) is 147 cm³/mol. The molecule has 3 aliphatic heterocycles. The van der Waals surface area contributed by atoms with Crippen molar-refractivity contribution in [1.29, 1.82) is 0 Å². The Hall–Kier alpha value is -1.61. The first-order chi connectivity index (χ1) is 19.0. The Balaban J connectivity index is 1.57. The fourth-order valence-corrected chi connectivity index (χ4v) is 6.03. The number of rotatable bonds is 11. The molecule has 0 aliphatic carbocycles. The summed E-state index contributed by atoms with van der Waals surface area (Å²) in [7, 11) is 0.880. The lowest BCUT2D eigenvalue weighted by Crippen LogP contribution is -2.64. The molecule has 1 N–H and O–H groups in total. The number of methoxy groups -OCH3 is 2. The number of hydrogen-bond donors (Lipinski definition) is 1. The molecular formula is C27H43N3O9Si. The molecule has 0 saturated carbocycles. The number of ether oxygens (including phenoxy) is 7. The summed E-state index contributed by atoms with van der Waals surface area (Å²) in [6.45, 7) is 11.6. The second-order valence-corrected chi connectivity index (χ2v) is 16.7. The molecule has 13 heteroatoms. The Bertz CT molecular complexity index is 1010. The van der Waals surface area contributed by atoms with Gasteiger partial charge in [-0.2, -0.15) is 0 Å². The number of fused-ring (bicyclic) bond motifs is 2. The summed E-state index contributed by atoms with van der Waals surface area (Å²) in [5, 5.41) is 15.2. The van der Waals surface area contributed by atoms with Crippen LogP contribution < -0.4 is 0 Å². The van der Waals surface area contributed by atoms with Crippen LogP contribution >= 0.6 is 0 Å². The van der Waals surface area contributed by atoms with Crippen LogP contribution in [0.15, 0.2) is 35.4 Å². The summed E-state index contributed by atoms with van der Waals surface area (Å²) in [4.78, 5) is 2.93. The van der Waals surface area contributed by atoms with Crippen molar-refractivity contribution in [2.45, 2.75) is 107 Å². The van der Waals surface area contributed by atoms with E-state index in [9.17, 15) is 5.11 Å². The van der Waals surface area contributed by atoms with Gasteiger partial charge in [0, 0.05) is 19.1 Å². The largest absolute Gasteiger partial charge is 0.414 e. The Morgan fingerprint density at radius 3 is 2.38 bits per heavy atom. The van der Waals surface area contributed by atoms with Crippen molar-refractivity contribution in [2.75, 3.05) is 27.4 Å². The van der Waals surface area contributed by atoms with Crippen LogP contribution in [-0.4, -0.2) is 102 Å². The maximum atomic E-state index is 11.4. The minimum Gasteiger partial charge on any atom is -0.414 e. The molecule has 0 spiro atoms. The SMILES string of the molecule is CO[C@@H]1[C@@H](O)[C@H](O[C@H]2[C@H](OC)[C@@H](N=[N+]=[N-])[C@@H]3OC[C@H]2O3)O[C@@H](CO[Si](C)(C)C(C)(C)C)[C@H]1OCc1ccccc1. The first-order valence-electron chi connectivity index (χ1n) is 13.7. The van der Waals surface area contributed by atoms with Crippen LogP contribution in [0.25, 0.3) is 10.4 Å². The molecule has 0 unspecified atom stereocenters. The van der Waals surface area contributed by atoms with Crippen LogP contribution in [0, 0.1) is 0 Å². The third-order valence-electron chi connectivity index (χ3n) is 8.37. The average molecular weight is 582 g/mol. The minimum atomic E-state index is -2.15.